The summed E-state index contributed by atoms with van der Waals surface area (Å²) in [6.07, 6.45) is 7.56. The predicted octanol–water partition coefficient (Wildman–Crippen LogP) is 3.82. The molecule has 4 saturated heterocycles. The number of aromatic nitrogens is 8. The Morgan fingerprint density at radius 1 is 0.629 bits per heavy atom. The van der Waals surface area contributed by atoms with Crippen LogP contribution in [0.5, 0.6) is 5.75 Å². The number of methoxy groups -OCH3 is 1. The first kappa shape index (κ1) is 61.7. The summed E-state index contributed by atoms with van der Waals surface area (Å²) in [4.78, 5) is 161. The van der Waals surface area contributed by atoms with Gasteiger partial charge in [0, 0.05) is 86.5 Å². The fourth-order valence-corrected chi connectivity index (χ4v) is 10.5. The molecule has 4 aliphatic rings. The van der Waals surface area contributed by atoms with Gasteiger partial charge in [-0.05, 0) is 67.4 Å². The van der Waals surface area contributed by atoms with E-state index >= 15 is 0 Å². The minimum Gasteiger partial charge on any atom is -0.494 e. The molecule has 6 atom stereocenters. The Labute approximate surface area is 513 Å². The van der Waals surface area contributed by atoms with Crippen molar-refractivity contribution in [3.63, 3.8) is 0 Å². The number of ether oxygens (including phenoxy) is 3. The number of epoxide rings is 2. The predicted molar refractivity (Wildman–Crippen MR) is 316 cm³/mol. The Morgan fingerprint density at radius 2 is 1.15 bits per heavy atom. The summed E-state index contributed by atoms with van der Waals surface area (Å²) in [7, 11) is 1.46. The van der Waals surface area contributed by atoms with Gasteiger partial charge in [-0.1, -0.05) is 36.4 Å². The molecule has 456 valence electrons. The van der Waals surface area contributed by atoms with Crippen molar-refractivity contribution >= 4 is 114 Å². The van der Waals surface area contributed by atoms with Gasteiger partial charge in [0.1, 0.15) is 34.3 Å². The molecule has 5 amide bonds. The molecule has 4 aliphatic heterocycles. The van der Waals surface area contributed by atoms with Crippen molar-refractivity contribution in [2.45, 2.75) is 50.3 Å². The molecule has 0 radical (unpaired) electrons. The molecule has 6 aromatic heterocycles. The van der Waals surface area contributed by atoms with E-state index < -0.39 is 70.2 Å². The second-order valence-corrected chi connectivity index (χ2v) is 21.3. The standard InChI is InChI=1S/C29H25N7O7.C26H25N7O4.C4H2Cl2O3/c1-15-14-35(27(39)16-5-3-2-4-6-16)9-10-36(15)28(40)23(37)18-11-32-21-17(18)7-8-31-22(21)19-12-30-13-20(33-19)34-26(38)24-25(43-24)29(41)42;1-15-14-32(25(35)16-6-4-3-5-7-16)8-9-33(15)26(36)24(34)17-10-29-23-21(17)19(37-2)12-30-22(23)18-11-28-13-20(27)31-18;5-3(7)1-2(9-1)4(6)8/h2-8,11-13,15,24-25,32H,9-10,14H2,1H3,(H,41,42)(H,33,34,38);3-7,10-13,15,29H,8-9,14H2,1-2H3,(H2,27,31);1-2H/t15-,24?,25?;15-;/m11./s1. The van der Waals surface area contributed by atoms with Crippen molar-refractivity contribution in [3.05, 3.63) is 139 Å². The van der Waals surface area contributed by atoms with E-state index in [0.29, 0.717) is 81.9 Å². The zero-order valence-corrected chi connectivity index (χ0v) is 48.7. The number of benzene rings is 2. The smallest absolute Gasteiger partial charge is 0.336 e. The van der Waals surface area contributed by atoms with Crippen LogP contribution in [0.4, 0.5) is 11.6 Å². The van der Waals surface area contributed by atoms with E-state index in [1.165, 1.54) is 66.5 Å². The highest BCUT2D eigenvalue weighted by Crippen LogP contribution is 2.35. The highest BCUT2D eigenvalue weighted by molar-refractivity contribution is 6.68. The van der Waals surface area contributed by atoms with Crippen molar-refractivity contribution < 1.29 is 67.3 Å². The summed E-state index contributed by atoms with van der Waals surface area (Å²) in [6.45, 7) is 5.34. The SMILES string of the molecule is COc1cnc(-c2cncc(N)n2)c2[nH]cc(C(=O)C(=O)N3CCN(C(=O)c4ccccc4)C[C@H]3C)c12.C[C@@H]1CN(C(=O)c2ccccc2)CCN1C(=O)C(=O)c1c[nH]c2c(-c3cncc(NC(=O)C4OC4C(=O)O)n3)nccc12.O=C(Cl)C1OC1C(=O)Cl. The van der Waals surface area contributed by atoms with Gasteiger partial charge in [-0.25, -0.2) is 19.7 Å². The maximum absolute atomic E-state index is 13.5. The number of carboxylic acids is 1. The number of carbonyl (C=O) groups is 10. The minimum atomic E-state index is -1.23. The van der Waals surface area contributed by atoms with Gasteiger partial charge in [0.15, 0.2) is 30.2 Å². The number of halogens is 2. The lowest BCUT2D eigenvalue weighted by Crippen LogP contribution is -2.56. The third kappa shape index (κ3) is 13.3. The van der Waals surface area contributed by atoms with Gasteiger partial charge in [-0.2, -0.15) is 0 Å². The molecule has 6 N–H and O–H groups in total. The van der Waals surface area contributed by atoms with Crippen molar-refractivity contribution in [2.75, 3.05) is 57.4 Å². The van der Waals surface area contributed by atoms with Gasteiger partial charge in [0.2, 0.25) is 0 Å². The summed E-state index contributed by atoms with van der Waals surface area (Å²) in [5, 5.41) is 11.0. The van der Waals surface area contributed by atoms with Crippen LogP contribution in [0, 0.1) is 0 Å². The molecule has 0 aliphatic carbocycles. The van der Waals surface area contributed by atoms with E-state index in [2.05, 4.69) is 49.9 Å². The largest absolute Gasteiger partial charge is 0.494 e. The fraction of sp³-hybridized carbons (Fsp3) is 0.254. The van der Waals surface area contributed by atoms with E-state index in [-0.39, 0.29) is 65.4 Å². The van der Waals surface area contributed by atoms with Crippen LogP contribution < -0.4 is 15.8 Å². The second kappa shape index (κ2) is 26.3. The number of hydrogen-bond donors (Lipinski definition) is 5. The number of nitrogen functional groups attached to an aromatic ring is 1. The molecule has 30 heteroatoms. The summed E-state index contributed by atoms with van der Waals surface area (Å²) in [5.74, 6) is -4.24. The zero-order valence-electron chi connectivity index (χ0n) is 47.2. The number of carbonyl (C=O) groups excluding carboxylic acids is 9. The highest BCUT2D eigenvalue weighted by Gasteiger charge is 2.51. The molecule has 12 rings (SSSR count). The highest BCUT2D eigenvalue weighted by atomic mass is 35.5. The van der Waals surface area contributed by atoms with E-state index in [9.17, 15) is 47.9 Å². The van der Waals surface area contributed by atoms with Crippen molar-refractivity contribution in [2.24, 2.45) is 0 Å². The number of aromatic amines is 2. The lowest BCUT2D eigenvalue weighted by molar-refractivity contribution is -0.138. The van der Waals surface area contributed by atoms with Crippen LogP contribution in [-0.2, 0) is 38.2 Å². The van der Waals surface area contributed by atoms with Crippen LogP contribution in [0.25, 0.3) is 44.6 Å². The Hall–Kier alpha value is -10.4. The molecular formula is C59H52Cl2N14O14. The van der Waals surface area contributed by atoms with Crippen LogP contribution in [-0.4, -0.2) is 205 Å². The number of anilines is 2. The molecule has 0 bridgehead atoms. The second-order valence-electron chi connectivity index (χ2n) is 20.5. The Bertz CT molecular complexity index is 4120. The Morgan fingerprint density at radius 3 is 1.66 bits per heavy atom. The fourth-order valence-electron chi connectivity index (χ4n) is 10.2. The summed E-state index contributed by atoms with van der Waals surface area (Å²) in [5.41, 5.74) is 9.56. The lowest BCUT2D eigenvalue weighted by Gasteiger charge is -2.39. The number of nitrogens with zero attached hydrogens (tertiary/aromatic N) is 10. The van der Waals surface area contributed by atoms with Gasteiger partial charge in [-0.15, -0.1) is 0 Å². The number of hydrogen-bond acceptors (Lipinski definition) is 20. The van der Waals surface area contributed by atoms with Crippen molar-refractivity contribution in [1.82, 2.24) is 59.5 Å². The molecule has 28 nitrogen and oxygen atoms in total. The Kier molecular flexibility index (Phi) is 18.2. The first-order valence-corrected chi connectivity index (χ1v) is 28.0. The number of rotatable bonds is 14. The summed E-state index contributed by atoms with van der Waals surface area (Å²) >= 11 is 9.88. The van der Waals surface area contributed by atoms with Gasteiger partial charge in [0.05, 0.1) is 65.6 Å². The number of Topliss-reactive ketones (excluding diaryl/α,β-unsaturated/α-hetero) is 2. The number of pyridine rings is 2. The van der Waals surface area contributed by atoms with Gasteiger partial charge in [-0.3, -0.25) is 58.1 Å². The molecular weight excluding hydrogens is 1200 g/mol. The van der Waals surface area contributed by atoms with E-state index in [0.717, 1.165) is 0 Å². The quantitative estimate of drug-likeness (QED) is 0.0447. The van der Waals surface area contributed by atoms with Gasteiger partial charge < -0.3 is 59.9 Å². The van der Waals surface area contributed by atoms with Crippen LogP contribution in [0.1, 0.15) is 55.3 Å². The zero-order chi connectivity index (χ0) is 63.4. The van der Waals surface area contributed by atoms with Crippen LogP contribution >= 0.6 is 23.2 Å². The van der Waals surface area contributed by atoms with E-state index in [1.54, 1.807) is 59.2 Å². The normalized spacial score (nSPS) is 19.2. The van der Waals surface area contributed by atoms with Crippen LogP contribution in [0.3, 0.4) is 0 Å². The Balaban J connectivity index is 0.000000173. The maximum atomic E-state index is 13.5. The lowest BCUT2D eigenvalue weighted by atomic mass is 10.0. The van der Waals surface area contributed by atoms with Gasteiger partial charge >= 0.3 is 5.97 Å². The van der Waals surface area contributed by atoms with E-state index in [1.807, 2.05) is 31.2 Å². The van der Waals surface area contributed by atoms with Crippen LogP contribution in [0.2, 0.25) is 0 Å². The number of nitrogens with two attached hydrogens (primary N) is 1. The summed E-state index contributed by atoms with van der Waals surface area (Å²) in [6, 6.07) is 18.8. The minimum absolute atomic E-state index is 0.0536. The summed E-state index contributed by atoms with van der Waals surface area (Å²) < 4.78 is 14.8. The number of nitrogens with one attached hydrogen (secondary N) is 3. The number of ketones is 2. The molecule has 0 saturated carbocycles. The molecule has 4 fully saturated rings. The van der Waals surface area contributed by atoms with Crippen LogP contribution in [0.15, 0.2) is 116 Å². The molecule has 89 heavy (non-hydrogen) atoms. The number of H-pyrrole nitrogens is 2. The molecule has 8 aromatic rings. The first-order valence-electron chi connectivity index (χ1n) is 27.3. The molecule has 2 aromatic carbocycles. The molecule has 10 heterocycles. The maximum Gasteiger partial charge on any atom is 0.336 e. The van der Waals surface area contributed by atoms with Gasteiger partial charge in [0.25, 0.3) is 51.6 Å². The average Bonchev–Trinajstić information content (AvgIpc) is 2.25. The molecule has 4 unspecified atom stereocenters. The average molecular weight is 1250 g/mol. The number of carboxylic acid groups (broad SMARTS) is 1. The third-order valence-electron chi connectivity index (χ3n) is 14.7. The van der Waals surface area contributed by atoms with Crippen molar-refractivity contribution in [1.29, 1.82) is 0 Å². The number of piperazine rings is 2. The number of fused-ring (bicyclic) bond motifs is 2. The number of amides is 5. The number of aliphatic carboxylic acids is 1. The first-order chi connectivity index (χ1) is 42.7. The van der Waals surface area contributed by atoms with Crippen molar-refractivity contribution in [3.8, 4) is 28.5 Å². The molecule has 0 spiro atoms. The monoisotopic (exact) mass is 1250 g/mol. The van der Waals surface area contributed by atoms with E-state index in [4.69, 9.17) is 43.5 Å². The third-order valence-corrected chi connectivity index (χ3v) is 15.2. The topological polar surface area (TPSA) is 385 Å².